The number of nitrogens with zero attached hydrogens (tertiary/aromatic N) is 2. The molecule has 1 saturated carbocycles. The van der Waals surface area contributed by atoms with E-state index in [0.29, 0.717) is 16.8 Å². The van der Waals surface area contributed by atoms with Crippen LogP contribution in [0.3, 0.4) is 0 Å². The molecule has 4 rings (SSSR count). The van der Waals surface area contributed by atoms with Crippen LogP contribution in [0.4, 0.5) is 5.69 Å². The van der Waals surface area contributed by atoms with E-state index >= 15 is 0 Å². The lowest BCUT2D eigenvalue weighted by molar-refractivity contribution is 0.241. The maximum Gasteiger partial charge on any atom is 0.174 e. The first-order valence-electron chi connectivity index (χ1n) is 11.1. The van der Waals surface area contributed by atoms with Crippen molar-refractivity contribution in [1.29, 1.82) is 0 Å². The zero-order chi connectivity index (χ0) is 21.8. The molecule has 0 aliphatic heterocycles. The van der Waals surface area contributed by atoms with Crippen LogP contribution in [0.2, 0.25) is 5.02 Å². The molecule has 1 N–H and O–H groups in total. The summed E-state index contributed by atoms with van der Waals surface area (Å²) in [5, 5.41) is 6.13. The van der Waals surface area contributed by atoms with Crippen molar-refractivity contribution >= 4 is 45.5 Å². The van der Waals surface area contributed by atoms with E-state index in [9.17, 15) is 0 Å². The van der Waals surface area contributed by atoms with Gasteiger partial charge in [-0.3, -0.25) is 0 Å². The molecule has 0 atom stereocenters. The SMILES string of the molecule is CCn1cc(CN(C(=S)Nc2ccc(Cl)cc2OC)C2CCCCC2)c2ccccc21. The van der Waals surface area contributed by atoms with Gasteiger partial charge in [0.15, 0.2) is 5.11 Å². The van der Waals surface area contributed by atoms with Gasteiger partial charge in [0, 0.05) is 47.3 Å². The Morgan fingerprint density at radius 2 is 1.97 bits per heavy atom. The first-order chi connectivity index (χ1) is 15.1. The normalized spacial score (nSPS) is 14.5. The molecule has 1 heterocycles. The van der Waals surface area contributed by atoms with E-state index in [1.165, 1.54) is 48.6 Å². The van der Waals surface area contributed by atoms with Gasteiger partial charge in [0.05, 0.1) is 12.8 Å². The summed E-state index contributed by atoms with van der Waals surface area (Å²) < 4.78 is 7.84. The predicted octanol–water partition coefficient (Wildman–Crippen LogP) is 6.85. The Balaban J connectivity index is 1.64. The van der Waals surface area contributed by atoms with E-state index in [-0.39, 0.29) is 0 Å². The maximum absolute atomic E-state index is 6.14. The van der Waals surface area contributed by atoms with E-state index in [1.807, 2.05) is 18.2 Å². The molecule has 1 aliphatic rings. The van der Waals surface area contributed by atoms with Gasteiger partial charge in [0.2, 0.25) is 0 Å². The highest BCUT2D eigenvalue weighted by Gasteiger charge is 2.25. The smallest absolute Gasteiger partial charge is 0.174 e. The standard InChI is InChI=1S/C25H30ClN3OS/c1-3-28-16-18(21-11-7-8-12-23(21)28)17-29(20-9-5-4-6-10-20)25(31)27-22-14-13-19(26)15-24(22)30-2/h7-8,11-16,20H,3-6,9-10,17H2,1-2H3,(H,27,31). The number of rotatable bonds is 6. The number of aryl methyl sites for hydroxylation is 1. The number of ether oxygens (including phenoxy) is 1. The number of anilines is 1. The predicted molar refractivity (Wildman–Crippen MR) is 134 cm³/mol. The van der Waals surface area contributed by atoms with E-state index in [1.54, 1.807) is 7.11 Å². The van der Waals surface area contributed by atoms with Crippen LogP contribution >= 0.6 is 23.8 Å². The van der Waals surface area contributed by atoms with Crippen LogP contribution in [0.1, 0.15) is 44.6 Å². The van der Waals surface area contributed by atoms with Gasteiger partial charge in [-0.05, 0) is 55.7 Å². The van der Waals surface area contributed by atoms with Gasteiger partial charge in [0.1, 0.15) is 5.75 Å². The van der Waals surface area contributed by atoms with E-state index in [0.717, 1.165) is 23.9 Å². The van der Waals surface area contributed by atoms with Crippen molar-refractivity contribution in [2.45, 2.75) is 58.2 Å². The van der Waals surface area contributed by atoms with Crippen LogP contribution in [-0.2, 0) is 13.1 Å². The second kappa shape index (κ2) is 9.92. The minimum absolute atomic E-state index is 0.441. The number of methoxy groups -OCH3 is 1. The zero-order valence-corrected chi connectivity index (χ0v) is 19.8. The molecule has 31 heavy (non-hydrogen) atoms. The number of hydrogen-bond acceptors (Lipinski definition) is 2. The molecule has 0 bridgehead atoms. The molecule has 164 valence electrons. The summed E-state index contributed by atoms with van der Waals surface area (Å²) in [6.45, 7) is 3.93. The summed E-state index contributed by atoms with van der Waals surface area (Å²) in [7, 11) is 1.65. The Bertz CT molecular complexity index is 1060. The van der Waals surface area contributed by atoms with Crippen molar-refractivity contribution in [2.24, 2.45) is 0 Å². The molecule has 3 aromatic rings. The summed E-state index contributed by atoms with van der Waals surface area (Å²) in [6, 6.07) is 14.7. The Morgan fingerprint density at radius 3 is 2.71 bits per heavy atom. The second-order valence-corrected chi connectivity index (χ2v) is 8.98. The fraction of sp³-hybridized carbons (Fsp3) is 0.400. The Morgan fingerprint density at radius 1 is 1.19 bits per heavy atom. The van der Waals surface area contributed by atoms with Crippen LogP contribution < -0.4 is 10.1 Å². The van der Waals surface area contributed by atoms with Crippen LogP contribution in [0.5, 0.6) is 5.75 Å². The Labute approximate surface area is 195 Å². The number of aromatic nitrogens is 1. The third-order valence-corrected chi connectivity index (χ3v) is 6.81. The molecule has 1 aromatic heterocycles. The summed E-state index contributed by atoms with van der Waals surface area (Å²) in [5.74, 6) is 0.695. The highest BCUT2D eigenvalue weighted by molar-refractivity contribution is 7.80. The summed E-state index contributed by atoms with van der Waals surface area (Å²) in [5.41, 5.74) is 3.44. The van der Waals surface area contributed by atoms with Crippen molar-refractivity contribution in [3.63, 3.8) is 0 Å². The van der Waals surface area contributed by atoms with Crippen molar-refractivity contribution in [2.75, 3.05) is 12.4 Å². The molecular weight excluding hydrogens is 426 g/mol. The van der Waals surface area contributed by atoms with Crippen molar-refractivity contribution in [3.8, 4) is 5.75 Å². The van der Waals surface area contributed by atoms with Gasteiger partial charge in [0.25, 0.3) is 0 Å². The van der Waals surface area contributed by atoms with Crippen molar-refractivity contribution < 1.29 is 4.74 Å². The molecule has 4 nitrogen and oxygen atoms in total. The van der Waals surface area contributed by atoms with E-state index < -0.39 is 0 Å². The molecule has 6 heteroatoms. The molecule has 1 aliphatic carbocycles. The van der Waals surface area contributed by atoms with Crippen LogP contribution in [0.15, 0.2) is 48.7 Å². The van der Waals surface area contributed by atoms with Gasteiger partial charge in [-0.2, -0.15) is 0 Å². The molecular formula is C25H30ClN3OS. The fourth-order valence-corrected chi connectivity index (χ4v) is 5.09. The summed E-state index contributed by atoms with van der Waals surface area (Å²) in [6.07, 6.45) is 8.45. The van der Waals surface area contributed by atoms with E-state index in [4.69, 9.17) is 28.6 Å². The monoisotopic (exact) mass is 455 g/mol. The van der Waals surface area contributed by atoms with Gasteiger partial charge in [-0.1, -0.05) is 49.1 Å². The second-order valence-electron chi connectivity index (χ2n) is 8.15. The summed E-state index contributed by atoms with van der Waals surface area (Å²) in [4.78, 5) is 2.38. The average Bonchev–Trinajstić information content (AvgIpc) is 3.16. The van der Waals surface area contributed by atoms with Crippen LogP contribution in [0.25, 0.3) is 10.9 Å². The lowest BCUT2D eigenvalue weighted by Crippen LogP contribution is -2.43. The van der Waals surface area contributed by atoms with Crippen molar-refractivity contribution in [3.05, 3.63) is 59.2 Å². The largest absolute Gasteiger partial charge is 0.495 e. The third-order valence-electron chi connectivity index (χ3n) is 6.23. The summed E-state index contributed by atoms with van der Waals surface area (Å²) >= 11 is 12.1. The molecule has 0 unspecified atom stereocenters. The number of benzene rings is 2. The molecule has 0 spiro atoms. The third kappa shape index (κ3) is 4.83. The van der Waals surface area contributed by atoms with E-state index in [2.05, 4.69) is 52.2 Å². The number of hydrogen-bond donors (Lipinski definition) is 1. The highest BCUT2D eigenvalue weighted by Crippen LogP contribution is 2.31. The maximum atomic E-state index is 6.14. The van der Waals surface area contributed by atoms with Crippen molar-refractivity contribution in [1.82, 2.24) is 9.47 Å². The lowest BCUT2D eigenvalue weighted by atomic mass is 9.94. The minimum Gasteiger partial charge on any atom is -0.495 e. The number of thiocarbonyl (C=S) groups is 1. The topological polar surface area (TPSA) is 29.4 Å². The Hall–Kier alpha value is -2.24. The fourth-order valence-electron chi connectivity index (χ4n) is 4.61. The number of nitrogens with one attached hydrogen (secondary N) is 1. The number of fused-ring (bicyclic) bond motifs is 1. The molecule has 0 radical (unpaired) electrons. The van der Waals surface area contributed by atoms with Crippen LogP contribution in [-0.4, -0.2) is 27.7 Å². The molecule has 0 saturated heterocycles. The highest BCUT2D eigenvalue weighted by atomic mass is 35.5. The quantitative estimate of drug-likeness (QED) is 0.411. The van der Waals surface area contributed by atoms with Gasteiger partial charge < -0.3 is 19.5 Å². The zero-order valence-electron chi connectivity index (χ0n) is 18.2. The molecule has 2 aromatic carbocycles. The average molecular weight is 456 g/mol. The van der Waals surface area contributed by atoms with Gasteiger partial charge in [-0.25, -0.2) is 0 Å². The van der Waals surface area contributed by atoms with Gasteiger partial charge in [-0.15, -0.1) is 0 Å². The first kappa shape index (κ1) is 22.0. The molecule has 1 fully saturated rings. The van der Waals surface area contributed by atoms with Crippen LogP contribution in [0, 0.1) is 0 Å². The lowest BCUT2D eigenvalue weighted by Gasteiger charge is -2.36. The molecule has 0 amide bonds. The number of para-hydroxylation sites is 1. The number of halogens is 1. The van der Waals surface area contributed by atoms with Gasteiger partial charge >= 0.3 is 0 Å². The minimum atomic E-state index is 0.441. The first-order valence-corrected chi connectivity index (χ1v) is 11.9. The Kier molecular flexibility index (Phi) is 7.03.